The molecule has 0 saturated carbocycles. The van der Waals surface area contributed by atoms with Crippen LogP contribution < -0.4 is 4.90 Å². The first-order valence-corrected chi connectivity index (χ1v) is 10.3. The molecule has 0 bridgehead atoms. The lowest BCUT2D eigenvalue weighted by atomic mass is 10.1. The highest BCUT2D eigenvalue weighted by Crippen LogP contribution is 2.28. The second-order valence-corrected chi connectivity index (χ2v) is 7.23. The van der Waals surface area contributed by atoms with Crippen molar-refractivity contribution in [1.29, 1.82) is 0 Å². The molecule has 1 amide bonds. The topological polar surface area (TPSA) is 62.5 Å². The van der Waals surface area contributed by atoms with E-state index in [1.807, 2.05) is 35.2 Å². The summed E-state index contributed by atoms with van der Waals surface area (Å²) >= 11 is 0. The number of furan rings is 1. The van der Waals surface area contributed by atoms with Crippen molar-refractivity contribution < 1.29 is 9.21 Å². The average Bonchev–Trinajstić information content (AvgIpc) is 3.14. The Morgan fingerprint density at radius 2 is 1.86 bits per heavy atom. The van der Waals surface area contributed by atoms with Gasteiger partial charge < -0.3 is 14.2 Å². The van der Waals surface area contributed by atoms with Gasteiger partial charge in [0.05, 0.1) is 0 Å². The average molecular weight is 390 g/mol. The summed E-state index contributed by atoms with van der Waals surface area (Å²) in [4.78, 5) is 25.3. The highest BCUT2D eigenvalue weighted by atomic mass is 16.3. The molecule has 0 N–H and O–H groups in total. The Morgan fingerprint density at radius 3 is 2.62 bits per heavy atom. The second-order valence-electron chi connectivity index (χ2n) is 7.23. The van der Waals surface area contributed by atoms with Crippen LogP contribution >= 0.6 is 0 Å². The van der Waals surface area contributed by atoms with E-state index in [0.29, 0.717) is 13.1 Å². The number of unbranched alkanes of at least 4 members (excludes halogenated alkanes) is 1. The first-order chi connectivity index (χ1) is 14.3. The van der Waals surface area contributed by atoms with E-state index < -0.39 is 0 Å². The van der Waals surface area contributed by atoms with Gasteiger partial charge in [-0.3, -0.25) is 4.79 Å². The summed E-state index contributed by atoms with van der Waals surface area (Å²) in [6, 6.07) is 9.82. The molecule has 1 aromatic carbocycles. The fourth-order valence-corrected chi connectivity index (χ4v) is 3.66. The van der Waals surface area contributed by atoms with E-state index >= 15 is 0 Å². The number of aromatic nitrogens is 2. The summed E-state index contributed by atoms with van der Waals surface area (Å²) in [6.45, 7) is 4.97. The van der Waals surface area contributed by atoms with E-state index in [2.05, 4.69) is 27.9 Å². The van der Waals surface area contributed by atoms with E-state index in [4.69, 9.17) is 4.42 Å². The summed E-state index contributed by atoms with van der Waals surface area (Å²) in [5, 5.41) is 1.06. The largest absolute Gasteiger partial charge is 0.460 e. The van der Waals surface area contributed by atoms with Crippen LogP contribution in [-0.4, -0.2) is 47.0 Å². The zero-order valence-corrected chi connectivity index (χ0v) is 16.8. The third-order valence-electron chi connectivity index (χ3n) is 5.29. The van der Waals surface area contributed by atoms with Gasteiger partial charge in [0.25, 0.3) is 0 Å². The number of aryl methyl sites for hydroxylation is 1. The number of amides is 1. The molecule has 4 rings (SSSR count). The van der Waals surface area contributed by atoms with Crippen LogP contribution in [0.25, 0.3) is 17.0 Å². The predicted molar refractivity (Wildman–Crippen MR) is 115 cm³/mol. The lowest BCUT2D eigenvalue weighted by molar-refractivity contribution is -0.126. The smallest absolute Gasteiger partial charge is 0.246 e. The summed E-state index contributed by atoms with van der Waals surface area (Å²) in [7, 11) is 0. The maximum atomic E-state index is 12.8. The number of anilines is 1. The van der Waals surface area contributed by atoms with E-state index in [9.17, 15) is 4.79 Å². The van der Waals surface area contributed by atoms with E-state index in [1.54, 1.807) is 18.5 Å². The Hall–Kier alpha value is -3.15. The van der Waals surface area contributed by atoms with Crippen molar-refractivity contribution in [2.24, 2.45) is 0 Å². The van der Waals surface area contributed by atoms with Gasteiger partial charge in [0.1, 0.15) is 11.3 Å². The number of piperazine rings is 1. The molecule has 150 valence electrons. The van der Waals surface area contributed by atoms with Gasteiger partial charge in [0.15, 0.2) is 0 Å². The first-order valence-electron chi connectivity index (χ1n) is 10.3. The molecule has 2 aromatic heterocycles. The number of para-hydroxylation sites is 1. The molecular weight excluding hydrogens is 364 g/mol. The van der Waals surface area contributed by atoms with E-state index in [-0.39, 0.29) is 5.91 Å². The second kappa shape index (κ2) is 8.90. The molecule has 6 heteroatoms. The zero-order chi connectivity index (χ0) is 20.1. The number of fused-ring (bicyclic) bond motifs is 1. The molecule has 0 aliphatic carbocycles. The van der Waals surface area contributed by atoms with Crippen molar-refractivity contribution in [3.63, 3.8) is 0 Å². The SMILES string of the molecule is CCCCc1oc2ccccc2c1C=CC(=O)N1CCN(c2ncccn2)CC1. The molecule has 1 aliphatic rings. The highest BCUT2D eigenvalue weighted by Gasteiger charge is 2.21. The Labute approximate surface area is 170 Å². The fraction of sp³-hybridized carbons (Fsp3) is 0.348. The van der Waals surface area contributed by atoms with Crippen LogP contribution in [0.3, 0.4) is 0 Å². The lowest BCUT2D eigenvalue weighted by Crippen LogP contribution is -2.48. The molecule has 29 heavy (non-hydrogen) atoms. The van der Waals surface area contributed by atoms with Gasteiger partial charge in [0, 0.05) is 62.0 Å². The third kappa shape index (κ3) is 4.31. The number of nitrogens with zero attached hydrogens (tertiary/aromatic N) is 4. The highest BCUT2D eigenvalue weighted by molar-refractivity contribution is 5.96. The monoisotopic (exact) mass is 390 g/mol. The summed E-state index contributed by atoms with van der Waals surface area (Å²) in [5.41, 5.74) is 1.90. The molecule has 0 radical (unpaired) electrons. The molecule has 6 nitrogen and oxygen atoms in total. The Morgan fingerprint density at radius 1 is 1.10 bits per heavy atom. The number of benzene rings is 1. The van der Waals surface area contributed by atoms with Crippen molar-refractivity contribution in [1.82, 2.24) is 14.9 Å². The van der Waals surface area contributed by atoms with Crippen LogP contribution in [0.2, 0.25) is 0 Å². The number of rotatable bonds is 6. The predicted octanol–water partition coefficient (Wildman–Crippen LogP) is 3.93. The van der Waals surface area contributed by atoms with Gasteiger partial charge in [0.2, 0.25) is 11.9 Å². The normalized spacial score (nSPS) is 14.8. The molecule has 1 saturated heterocycles. The molecular formula is C23H26N4O2. The van der Waals surface area contributed by atoms with Gasteiger partial charge in [-0.25, -0.2) is 9.97 Å². The summed E-state index contributed by atoms with van der Waals surface area (Å²) in [6.07, 6.45) is 10.1. The van der Waals surface area contributed by atoms with Gasteiger partial charge in [-0.1, -0.05) is 31.5 Å². The number of hydrogen-bond acceptors (Lipinski definition) is 5. The standard InChI is InChI=1S/C23H26N4O2/c1-2-3-8-20-19(18-7-4-5-9-21(18)29-20)10-11-22(28)26-14-16-27(17-15-26)23-24-12-6-13-25-23/h4-7,9-13H,2-3,8,14-17H2,1H3. The van der Waals surface area contributed by atoms with Crippen molar-refractivity contribution >= 4 is 28.9 Å². The number of carbonyl (C=O) groups is 1. The van der Waals surface area contributed by atoms with Gasteiger partial charge >= 0.3 is 0 Å². The minimum absolute atomic E-state index is 0.0327. The molecule has 0 spiro atoms. The minimum atomic E-state index is 0.0327. The van der Waals surface area contributed by atoms with E-state index in [0.717, 1.165) is 60.6 Å². The minimum Gasteiger partial charge on any atom is -0.460 e. The van der Waals surface area contributed by atoms with Crippen LogP contribution in [-0.2, 0) is 11.2 Å². The molecule has 1 fully saturated rings. The van der Waals surface area contributed by atoms with Crippen LogP contribution in [0.1, 0.15) is 31.1 Å². The maximum Gasteiger partial charge on any atom is 0.246 e. The quantitative estimate of drug-likeness (QED) is 0.597. The zero-order valence-electron chi connectivity index (χ0n) is 16.8. The summed E-state index contributed by atoms with van der Waals surface area (Å²) < 4.78 is 6.05. The maximum absolute atomic E-state index is 12.8. The van der Waals surface area contributed by atoms with Crippen molar-refractivity contribution in [3.8, 4) is 0 Å². The van der Waals surface area contributed by atoms with Crippen LogP contribution in [0.15, 0.2) is 53.2 Å². The van der Waals surface area contributed by atoms with E-state index in [1.165, 1.54) is 0 Å². The van der Waals surface area contributed by atoms with Gasteiger partial charge in [-0.05, 0) is 24.6 Å². The lowest BCUT2D eigenvalue weighted by Gasteiger charge is -2.34. The van der Waals surface area contributed by atoms with Gasteiger partial charge in [-0.15, -0.1) is 0 Å². The Bertz CT molecular complexity index is 989. The molecule has 3 aromatic rings. The molecule has 0 atom stereocenters. The van der Waals surface area contributed by atoms with Crippen molar-refractivity contribution in [2.75, 3.05) is 31.1 Å². The first kappa shape index (κ1) is 19.2. The molecule has 3 heterocycles. The van der Waals surface area contributed by atoms with Crippen LogP contribution in [0.4, 0.5) is 5.95 Å². The molecule has 1 aliphatic heterocycles. The Balaban J connectivity index is 1.45. The Kier molecular flexibility index (Phi) is 5.89. The van der Waals surface area contributed by atoms with Crippen molar-refractivity contribution in [2.45, 2.75) is 26.2 Å². The number of hydrogen-bond donors (Lipinski definition) is 0. The van der Waals surface area contributed by atoms with Gasteiger partial charge in [-0.2, -0.15) is 0 Å². The fourth-order valence-electron chi connectivity index (χ4n) is 3.66. The summed E-state index contributed by atoms with van der Waals surface area (Å²) in [5.74, 6) is 1.72. The third-order valence-corrected chi connectivity index (χ3v) is 5.29. The molecule has 0 unspecified atom stereocenters. The van der Waals surface area contributed by atoms with Crippen LogP contribution in [0.5, 0.6) is 0 Å². The van der Waals surface area contributed by atoms with Crippen LogP contribution in [0, 0.1) is 0 Å². The number of carbonyl (C=O) groups excluding carboxylic acids is 1. The van der Waals surface area contributed by atoms with Crippen molar-refractivity contribution in [3.05, 3.63) is 60.1 Å².